The van der Waals surface area contributed by atoms with E-state index in [9.17, 15) is 0 Å². The minimum Gasteiger partial charge on any atom is -0.325 e. The van der Waals surface area contributed by atoms with Crippen LogP contribution in [0.3, 0.4) is 0 Å². The predicted molar refractivity (Wildman–Crippen MR) is 75.4 cm³/mol. The van der Waals surface area contributed by atoms with Crippen LogP contribution in [-0.4, -0.2) is 12.0 Å². The minimum absolute atomic E-state index is 0.434. The summed E-state index contributed by atoms with van der Waals surface area (Å²) in [5.74, 6) is 6.10. The second-order valence-corrected chi connectivity index (χ2v) is 4.54. The van der Waals surface area contributed by atoms with Gasteiger partial charge in [0.25, 0.3) is 0 Å². The van der Waals surface area contributed by atoms with E-state index in [4.69, 9.17) is 5.84 Å². The van der Waals surface area contributed by atoms with Gasteiger partial charge in [0.1, 0.15) is 0 Å². The molecule has 0 radical (unpaired) electrons. The molecule has 1 fully saturated rings. The molecule has 2 aromatic carbocycles. The molecule has 0 amide bonds. The molecule has 0 unspecified atom stereocenters. The Hall–Kier alpha value is -2.07. The molecule has 1 aliphatic rings. The van der Waals surface area contributed by atoms with Crippen LogP contribution in [0.5, 0.6) is 0 Å². The number of fused-ring (bicyclic) bond motifs is 1. The fourth-order valence-electron chi connectivity index (χ4n) is 1.90. The van der Waals surface area contributed by atoms with Crippen LogP contribution >= 0.6 is 0 Å². The highest BCUT2D eigenvalue weighted by Gasteiger charge is 2.20. The van der Waals surface area contributed by atoms with Crippen LogP contribution in [-0.2, 0) is 0 Å². The van der Waals surface area contributed by atoms with E-state index < -0.39 is 0 Å². The van der Waals surface area contributed by atoms with E-state index in [1.54, 1.807) is 0 Å². The second-order valence-electron chi connectivity index (χ2n) is 4.54. The zero-order chi connectivity index (χ0) is 12.4. The topological polar surface area (TPSA) is 62.4 Å². The Bertz CT molecular complexity index is 587. The monoisotopic (exact) mass is 240 g/mol. The van der Waals surface area contributed by atoms with E-state index in [2.05, 4.69) is 40.0 Å². The van der Waals surface area contributed by atoms with E-state index in [-0.39, 0.29) is 0 Å². The van der Waals surface area contributed by atoms with Gasteiger partial charge in [-0.1, -0.05) is 30.3 Å². The second kappa shape index (κ2) is 4.66. The first-order chi connectivity index (χ1) is 8.85. The lowest BCUT2D eigenvalue weighted by Crippen LogP contribution is -2.36. The van der Waals surface area contributed by atoms with Crippen LogP contribution in [0.1, 0.15) is 12.8 Å². The highest BCUT2D eigenvalue weighted by molar-refractivity contribution is 5.96. The Kier molecular flexibility index (Phi) is 2.86. The third-order valence-corrected chi connectivity index (χ3v) is 3.01. The van der Waals surface area contributed by atoms with Gasteiger partial charge in [0, 0.05) is 5.69 Å². The smallest absolute Gasteiger partial charge is 0.210 e. The van der Waals surface area contributed by atoms with Crippen molar-refractivity contribution in [2.45, 2.75) is 18.9 Å². The Morgan fingerprint density at radius 3 is 2.61 bits per heavy atom. The summed E-state index contributed by atoms with van der Waals surface area (Å²) in [5.41, 5.74) is 3.60. The highest BCUT2D eigenvalue weighted by atomic mass is 15.3. The van der Waals surface area contributed by atoms with E-state index >= 15 is 0 Å². The van der Waals surface area contributed by atoms with Gasteiger partial charge < -0.3 is 5.32 Å². The van der Waals surface area contributed by atoms with Crippen molar-refractivity contribution in [3.05, 3.63) is 42.5 Å². The van der Waals surface area contributed by atoms with Gasteiger partial charge >= 0.3 is 0 Å². The van der Waals surface area contributed by atoms with Crippen molar-refractivity contribution in [3.8, 4) is 0 Å². The number of benzene rings is 2. The van der Waals surface area contributed by atoms with Gasteiger partial charge in [-0.25, -0.2) is 10.8 Å². The Morgan fingerprint density at radius 2 is 1.89 bits per heavy atom. The van der Waals surface area contributed by atoms with Crippen LogP contribution < -0.4 is 16.6 Å². The van der Waals surface area contributed by atoms with Crippen molar-refractivity contribution in [2.75, 3.05) is 5.32 Å². The maximum absolute atomic E-state index is 5.47. The molecule has 4 N–H and O–H groups in total. The standard InChI is InChI=1S/C14H16N4/c15-18-14(16-12-7-8-12)17-13-6-5-10-3-1-2-4-11(10)9-13/h1-6,9,12H,7-8,15H2,(H2,16,17,18). The summed E-state index contributed by atoms with van der Waals surface area (Å²) < 4.78 is 0. The zero-order valence-corrected chi connectivity index (χ0v) is 10.1. The molecule has 4 nitrogen and oxygen atoms in total. The molecule has 0 saturated heterocycles. The summed E-state index contributed by atoms with van der Waals surface area (Å²) in [6, 6.07) is 14.9. The fourth-order valence-corrected chi connectivity index (χ4v) is 1.90. The average molecular weight is 240 g/mol. The van der Waals surface area contributed by atoms with E-state index in [0.29, 0.717) is 12.0 Å². The zero-order valence-electron chi connectivity index (χ0n) is 10.1. The molecule has 18 heavy (non-hydrogen) atoms. The first kappa shape index (κ1) is 11.0. The third kappa shape index (κ3) is 2.43. The molecule has 2 aromatic rings. The highest BCUT2D eigenvalue weighted by Crippen LogP contribution is 2.24. The molecule has 3 rings (SSSR count). The molecule has 0 heterocycles. The van der Waals surface area contributed by atoms with Gasteiger partial charge in [-0.05, 0) is 35.7 Å². The fraction of sp³-hybridized carbons (Fsp3) is 0.214. The van der Waals surface area contributed by atoms with Gasteiger partial charge in [0.15, 0.2) is 0 Å². The molecule has 92 valence electrons. The first-order valence-corrected chi connectivity index (χ1v) is 6.15. The first-order valence-electron chi connectivity index (χ1n) is 6.15. The Labute approximate surface area is 106 Å². The number of nitrogens with two attached hydrogens (primary N) is 1. The van der Waals surface area contributed by atoms with Gasteiger partial charge in [-0.15, -0.1) is 0 Å². The summed E-state index contributed by atoms with van der Waals surface area (Å²) in [5, 5.41) is 5.63. The average Bonchev–Trinajstić information content (AvgIpc) is 3.22. The molecule has 4 heteroatoms. The van der Waals surface area contributed by atoms with Crippen molar-refractivity contribution >= 4 is 22.4 Å². The number of nitrogens with one attached hydrogen (secondary N) is 2. The van der Waals surface area contributed by atoms with Crippen molar-refractivity contribution in [1.82, 2.24) is 5.43 Å². The van der Waals surface area contributed by atoms with Crippen molar-refractivity contribution in [2.24, 2.45) is 10.8 Å². The van der Waals surface area contributed by atoms with E-state index in [0.717, 1.165) is 18.5 Å². The molecule has 0 bridgehead atoms. The van der Waals surface area contributed by atoms with Crippen LogP contribution in [0, 0.1) is 0 Å². The third-order valence-electron chi connectivity index (χ3n) is 3.01. The number of guanidine groups is 1. The van der Waals surface area contributed by atoms with Gasteiger partial charge in [0.2, 0.25) is 5.96 Å². The predicted octanol–water partition coefficient (Wildman–Crippen LogP) is 2.23. The molecule has 0 atom stereocenters. The molecule has 0 aromatic heterocycles. The minimum atomic E-state index is 0.434. The summed E-state index contributed by atoms with van der Waals surface area (Å²) in [6.07, 6.45) is 2.31. The van der Waals surface area contributed by atoms with Crippen molar-refractivity contribution in [3.63, 3.8) is 0 Å². The number of anilines is 1. The molecule has 0 spiro atoms. The molecular weight excluding hydrogens is 224 g/mol. The molecule has 0 aliphatic heterocycles. The largest absolute Gasteiger partial charge is 0.325 e. The van der Waals surface area contributed by atoms with Crippen LogP contribution in [0.2, 0.25) is 0 Å². The van der Waals surface area contributed by atoms with Crippen molar-refractivity contribution in [1.29, 1.82) is 0 Å². The number of nitrogens with zero attached hydrogens (tertiary/aromatic N) is 1. The Balaban J connectivity index is 1.85. The summed E-state index contributed by atoms with van der Waals surface area (Å²) in [6.45, 7) is 0. The summed E-state index contributed by atoms with van der Waals surface area (Å²) >= 11 is 0. The lowest BCUT2D eigenvalue weighted by atomic mass is 10.1. The lowest BCUT2D eigenvalue weighted by molar-refractivity contribution is 0.966. The van der Waals surface area contributed by atoms with Gasteiger partial charge in [-0.2, -0.15) is 0 Å². The summed E-state index contributed by atoms with van der Waals surface area (Å²) in [4.78, 5) is 4.45. The molecule has 1 saturated carbocycles. The van der Waals surface area contributed by atoms with Gasteiger partial charge in [-0.3, -0.25) is 5.43 Å². The quantitative estimate of drug-likeness (QED) is 0.326. The number of aliphatic imine (C=N–C) groups is 1. The van der Waals surface area contributed by atoms with Crippen LogP contribution in [0.25, 0.3) is 10.8 Å². The molecular formula is C14H16N4. The maximum Gasteiger partial charge on any atom is 0.210 e. The van der Waals surface area contributed by atoms with E-state index in [1.807, 2.05) is 18.2 Å². The molecule has 1 aliphatic carbocycles. The number of hydrogen-bond acceptors (Lipinski definition) is 2. The van der Waals surface area contributed by atoms with Crippen molar-refractivity contribution < 1.29 is 0 Å². The summed E-state index contributed by atoms with van der Waals surface area (Å²) in [7, 11) is 0. The number of hydrazine groups is 1. The SMILES string of the molecule is NNC(=NC1CC1)Nc1ccc2ccccc2c1. The maximum atomic E-state index is 5.47. The number of hydrogen-bond donors (Lipinski definition) is 3. The Morgan fingerprint density at radius 1 is 1.11 bits per heavy atom. The normalized spacial score (nSPS) is 15.7. The van der Waals surface area contributed by atoms with Crippen LogP contribution in [0.4, 0.5) is 5.69 Å². The number of rotatable bonds is 2. The van der Waals surface area contributed by atoms with Gasteiger partial charge in [0.05, 0.1) is 6.04 Å². The van der Waals surface area contributed by atoms with Crippen LogP contribution in [0.15, 0.2) is 47.5 Å². The lowest BCUT2D eigenvalue weighted by Gasteiger charge is -2.09. The van der Waals surface area contributed by atoms with E-state index in [1.165, 1.54) is 10.8 Å².